The maximum Gasteiger partial charge on any atom is 0.341 e. The van der Waals surface area contributed by atoms with Crippen LogP contribution in [0.25, 0.3) is 11.1 Å². The van der Waals surface area contributed by atoms with Crippen molar-refractivity contribution in [3.05, 3.63) is 59.7 Å². The number of hydrogen-bond acceptors (Lipinski definition) is 3. The van der Waals surface area contributed by atoms with E-state index >= 15 is 0 Å². The number of aliphatic carboxylic acids is 1. The van der Waals surface area contributed by atoms with Crippen molar-refractivity contribution < 1.29 is 19.7 Å². The largest absolute Gasteiger partial charge is 0.508 e. The maximum absolute atomic E-state index is 10.6. The molecule has 0 saturated carbocycles. The zero-order valence-electron chi connectivity index (χ0n) is 14.0. The average molecular weight is 326 g/mol. The van der Waals surface area contributed by atoms with Crippen molar-refractivity contribution in [2.24, 2.45) is 0 Å². The molecule has 0 heterocycles. The lowest BCUT2D eigenvalue weighted by molar-refractivity contribution is -0.139. The van der Waals surface area contributed by atoms with E-state index in [-0.39, 0.29) is 12.4 Å². The van der Waals surface area contributed by atoms with E-state index in [2.05, 4.69) is 13.8 Å². The van der Waals surface area contributed by atoms with Crippen molar-refractivity contribution in [1.82, 2.24) is 0 Å². The van der Waals surface area contributed by atoms with Crippen LogP contribution >= 0.6 is 0 Å². The van der Waals surface area contributed by atoms with E-state index in [9.17, 15) is 9.90 Å². The SMILES string of the molecule is CCC(=C(CC)c1ccc(OCC(=O)O)cc1)c1ccc(O)cc1. The van der Waals surface area contributed by atoms with E-state index in [1.54, 1.807) is 24.3 Å². The van der Waals surface area contributed by atoms with Crippen LogP contribution in [0.1, 0.15) is 37.8 Å². The molecule has 2 rings (SSSR count). The van der Waals surface area contributed by atoms with Crippen LogP contribution in [0.15, 0.2) is 48.5 Å². The molecule has 2 N–H and O–H groups in total. The molecule has 0 aliphatic heterocycles. The summed E-state index contributed by atoms with van der Waals surface area (Å²) in [4.78, 5) is 10.6. The van der Waals surface area contributed by atoms with E-state index < -0.39 is 5.97 Å². The second kappa shape index (κ2) is 8.20. The Morgan fingerprint density at radius 2 is 1.33 bits per heavy atom. The lowest BCUT2D eigenvalue weighted by atomic mass is 9.91. The molecule has 0 saturated heterocycles. The number of ether oxygens (including phenoxy) is 1. The molecular formula is C20H22O4. The summed E-state index contributed by atoms with van der Waals surface area (Å²) in [6, 6.07) is 14.7. The van der Waals surface area contributed by atoms with Crippen molar-refractivity contribution in [2.45, 2.75) is 26.7 Å². The van der Waals surface area contributed by atoms with Crippen molar-refractivity contribution in [3.8, 4) is 11.5 Å². The van der Waals surface area contributed by atoms with Gasteiger partial charge in [0.05, 0.1) is 0 Å². The Labute approximate surface area is 142 Å². The smallest absolute Gasteiger partial charge is 0.341 e. The van der Waals surface area contributed by atoms with Crippen LogP contribution in [-0.4, -0.2) is 22.8 Å². The Hall–Kier alpha value is -2.75. The molecule has 4 nitrogen and oxygen atoms in total. The fourth-order valence-corrected chi connectivity index (χ4v) is 2.74. The fourth-order valence-electron chi connectivity index (χ4n) is 2.74. The molecule has 0 fully saturated rings. The second-order valence-corrected chi connectivity index (χ2v) is 5.42. The number of hydrogen-bond donors (Lipinski definition) is 2. The molecule has 2 aromatic rings. The molecule has 0 unspecified atom stereocenters. The molecule has 0 spiro atoms. The van der Waals surface area contributed by atoms with Crippen molar-refractivity contribution >= 4 is 17.1 Å². The molecule has 24 heavy (non-hydrogen) atoms. The topological polar surface area (TPSA) is 66.8 Å². The molecule has 2 aromatic carbocycles. The molecule has 0 aliphatic rings. The Balaban J connectivity index is 2.34. The molecule has 0 bridgehead atoms. The number of carboxylic acid groups (broad SMARTS) is 1. The van der Waals surface area contributed by atoms with Gasteiger partial charge in [0.25, 0.3) is 0 Å². The first-order valence-corrected chi connectivity index (χ1v) is 8.01. The monoisotopic (exact) mass is 326 g/mol. The third kappa shape index (κ3) is 4.38. The highest BCUT2D eigenvalue weighted by atomic mass is 16.5. The summed E-state index contributed by atoms with van der Waals surface area (Å²) in [7, 11) is 0. The molecule has 0 amide bonds. The van der Waals surface area contributed by atoms with Crippen LogP contribution in [0.2, 0.25) is 0 Å². The molecule has 0 atom stereocenters. The Morgan fingerprint density at radius 1 is 0.875 bits per heavy atom. The lowest BCUT2D eigenvalue weighted by Gasteiger charge is -2.15. The van der Waals surface area contributed by atoms with Gasteiger partial charge >= 0.3 is 5.97 Å². The summed E-state index contributed by atoms with van der Waals surface area (Å²) in [5.41, 5.74) is 4.65. The van der Waals surface area contributed by atoms with Gasteiger partial charge in [0.1, 0.15) is 11.5 Å². The van der Waals surface area contributed by atoms with Gasteiger partial charge < -0.3 is 14.9 Å². The third-order valence-corrected chi connectivity index (χ3v) is 3.85. The van der Waals surface area contributed by atoms with Gasteiger partial charge in [-0.25, -0.2) is 4.79 Å². The average Bonchev–Trinajstić information content (AvgIpc) is 2.59. The van der Waals surface area contributed by atoms with E-state index in [0.29, 0.717) is 5.75 Å². The molecule has 126 valence electrons. The lowest BCUT2D eigenvalue weighted by Crippen LogP contribution is -2.09. The van der Waals surface area contributed by atoms with Crippen LogP contribution < -0.4 is 4.74 Å². The maximum atomic E-state index is 10.6. The van der Waals surface area contributed by atoms with Gasteiger partial charge in [0.2, 0.25) is 0 Å². The zero-order valence-corrected chi connectivity index (χ0v) is 14.0. The van der Waals surface area contributed by atoms with Crippen molar-refractivity contribution in [2.75, 3.05) is 6.61 Å². The summed E-state index contributed by atoms with van der Waals surface area (Å²) in [6.45, 7) is 3.88. The molecule has 0 aliphatic carbocycles. The quantitative estimate of drug-likeness (QED) is 0.731. The minimum Gasteiger partial charge on any atom is -0.508 e. The standard InChI is InChI=1S/C20H22O4/c1-3-18(14-5-9-16(21)10-6-14)19(4-2)15-7-11-17(12-8-15)24-13-20(22)23/h5-12,21H,3-4,13H2,1-2H3,(H,22,23). The number of aromatic hydroxyl groups is 1. The number of carboxylic acids is 1. The van der Waals surface area contributed by atoms with Gasteiger partial charge in [0, 0.05) is 0 Å². The summed E-state index contributed by atoms with van der Waals surface area (Å²) < 4.78 is 5.18. The fraction of sp³-hybridized carbons (Fsp3) is 0.250. The zero-order chi connectivity index (χ0) is 17.5. The minimum atomic E-state index is -0.992. The van der Waals surface area contributed by atoms with Gasteiger partial charge in [-0.2, -0.15) is 0 Å². The normalized spacial score (nSPS) is 11.8. The Bertz CT molecular complexity index is 712. The second-order valence-electron chi connectivity index (χ2n) is 5.42. The number of carbonyl (C=O) groups is 1. The summed E-state index contributed by atoms with van der Waals surface area (Å²) >= 11 is 0. The summed E-state index contributed by atoms with van der Waals surface area (Å²) in [5, 5.41) is 18.1. The van der Waals surface area contributed by atoms with Gasteiger partial charge in [0.15, 0.2) is 6.61 Å². The van der Waals surface area contributed by atoms with Crippen LogP contribution in [0.3, 0.4) is 0 Å². The van der Waals surface area contributed by atoms with E-state index in [1.165, 1.54) is 11.1 Å². The number of phenols is 1. The highest BCUT2D eigenvalue weighted by Gasteiger charge is 2.09. The van der Waals surface area contributed by atoms with Gasteiger partial charge in [-0.15, -0.1) is 0 Å². The number of rotatable bonds is 7. The number of phenolic OH excluding ortho intramolecular Hbond substituents is 1. The van der Waals surface area contributed by atoms with Crippen LogP contribution in [0.4, 0.5) is 0 Å². The van der Waals surface area contributed by atoms with E-state index in [1.807, 2.05) is 24.3 Å². The Morgan fingerprint density at radius 3 is 1.75 bits per heavy atom. The van der Waals surface area contributed by atoms with Gasteiger partial charge in [-0.05, 0) is 59.4 Å². The molecular weight excluding hydrogens is 304 g/mol. The molecule has 0 aromatic heterocycles. The molecule has 0 radical (unpaired) electrons. The first-order valence-electron chi connectivity index (χ1n) is 8.01. The van der Waals surface area contributed by atoms with Gasteiger partial charge in [-0.1, -0.05) is 38.1 Å². The van der Waals surface area contributed by atoms with Crippen LogP contribution in [0, 0.1) is 0 Å². The van der Waals surface area contributed by atoms with Crippen molar-refractivity contribution in [3.63, 3.8) is 0 Å². The summed E-state index contributed by atoms with van der Waals surface area (Å²) in [5.74, 6) is -0.194. The first-order chi connectivity index (χ1) is 11.5. The van der Waals surface area contributed by atoms with Crippen LogP contribution in [0.5, 0.6) is 11.5 Å². The molecule has 4 heteroatoms. The Kier molecular flexibility index (Phi) is 6.01. The van der Waals surface area contributed by atoms with E-state index in [0.717, 1.165) is 24.0 Å². The number of allylic oxidation sites excluding steroid dienone is 2. The predicted octanol–water partition coefficient (Wildman–Crippen LogP) is 4.59. The summed E-state index contributed by atoms with van der Waals surface area (Å²) in [6.07, 6.45) is 1.75. The first kappa shape index (κ1) is 17.6. The highest BCUT2D eigenvalue weighted by Crippen LogP contribution is 2.32. The van der Waals surface area contributed by atoms with Crippen molar-refractivity contribution in [1.29, 1.82) is 0 Å². The van der Waals surface area contributed by atoms with Gasteiger partial charge in [-0.3, -0.25) is 0 Å². The minimum absolute atomic E-state index is 0.257. The number of benzene rings is 2. The highest BCUT2D eigenvalue weighted by molar-refractivity contribution is 5.90. The van der Waals surface area contributed by atoms with Crippen LogP contribution in [-0.2, 0) is 4.79 Å². The van der Waals surface area contributed by atoms with E-state index in [4.69, 9.17) is 9.84 Å². The predicted molar refractivity (Wildman–Crippen MR) is 95.1 cm³/mol. The third-order valence-electron chi connectivity index (χ3n) is 3.85.